The van der Waals surface area contributed by atoms with Crippen LogP contribution in [0.2, 0.25) is 0 Å². The number of hydrogen-bond acceptors (Lipinski definition) is 5. The molecule has 0 atom stereocenters. The van der Waals surface area contributed by atoms with E-state index in [0.717, 1.165) is 35.6 Å². The summed E-state index contributed by atoms with van der Waals surface area (Å²) in [5.41, 5.74) is 0.963. The van der Waals surface area contributed by atoms with Crippen molar-refractivity contribution in [3.8, 4) is 22.6 Å². The molecular formula is C25H14F7N5O2S2. The molecule has 5 rings (SSSR count). The van der Waals surface area contributed by atoms with Crippen LogP contribution >= 0.6 is 11.3 Å². The Labute approximate surface area is 230 Å². The van der Waals surface area contributed by atoms with Gasteiger partial charge in [0.25, 0.3) is 10.0 Å². The number of benzene rings is 3. The van der Waals surface area contributed by atoms with Crippen LogP contribution in [-0.4, -0.2) is 27.7 Å². The fraction of sp³-hybridized carbons (Fsp3) is 0.0800. The Morgan fingerprint density at radius 3 is 1.76 bits per heavy atom. The number of hydrogen-bond donors (Lipinski definition) is 0. The van der Waals surface area contributed by atoms with Crippen molar-refractivity contribution >= 4 is 21.4 Å². The average Bonchev–Trinajstić information content (AvgIpc) is 3.55. The Bertz CT molecular complexity index is 1840. The fourth-order valence-electron chi connectivity index (χ4n) is 3.84. The molecule has 0 N–H and O–H groups in total. The highest BCUT2D eigenvalue weighted by Crippen LogP contribution is 2.36. The van der Waals surface area contributed by atoms with E-state index in [1.807, 2.05) is 0 Å². The third-order valence-corrected chi connectivity index (χ3v) is 7.85. The second-order valence-corrected chi connectivity index (χ2v) is 10.8. The van der Waals surface area contributed by atoms with Crippen LogP contribution in [0.15, 0.2) is 93.5 Å². The first-order valence-corrected chi connectivity index (χ1v) is 13.6. The summed E-state index contributed by atoms with van der Waals surface area (Å²) in [4.78, 5) is -0.547. The van der Waals surface area contributed by atoms with Gasteiger partial charge in [-0.3, -0.25) is 9.13 Å². The molecule has 5 aromatic rings. The number of rotatable bonds is 5. The van der Waals surface area contributed by atoms with Crippen molar-refractivity contribution in [3.05, 3.63) is 107 Å². The molecule has 0 saturated heterocycles. The minimum Gasteiger partial charge on any atom is -0.284 e. The molecule has 0 aliphatic carbocycles. The van der Waals surface area contributed by atoms with Crippen LogP contribution in [0.1, 0.15) is 11.6 Å². The third kappa shape index (κ3) is 5.65. The lowest BCUT2D eigenvalue weighted by molar-refractivity contribution is -0.153. The van der Waals surface area contributed by atoms with Gasteiger partial charge in [0.1, 0.15) is 5.82 Å². The van der Waals surface area contributed by atoms with Gasteiger partial charge in [-0.25, -0.2) is 4.39 Å². The molecule has 2 aromatic heterocycles. The maximum Gasteiger partial charge on any atom is 0.452 e. The molecule has 0 amide bonds. The zero-order valence-corrected chi connectivity index (χ0v) is 21.7. The fourth-order valence-corrected chi connectivity index (χ4v) is 5.95. The summed E-state index contributed by atoms with van der Waals surface area (Å²) < 4.78 is 125. The van der Waals surface area contributed by atoms with E-state index in [-0.39, 0.29) is 9.37 Å². The molecule has 0 spiro atoms. The second-order valence-electron chi connectivity index (χ2n) is 8.32. The van der Waals surface area contributed by atoms with E-state index in [9.17, 15) is 39.2 Å². The summed E-state index contributed by atoms with van der Waals surface area (Å²) in [6, 6.07) is 17.2. The SMILES string of the molecule is O=S(=O)(/N=c1\scc(-c2ccccc2)n1-c1ccc(F)cc1)c1ccc(-n2c(C(F)(F)F)nnc2C(F)(F)F)cc1. The quantitative estimate of drug-likeness (QED) is 0.220. The predicted molar refractivity (Wildman–Crippen MR) is 133 cm³/mol. The second kappa shape index (κ2) is 10.3. The summed E-state index contributed by atoms with van der Waals surface area (Å²) >= 11 is 0.955. The normalized spacial score (nSPS) is 13.1. The van der Waals surface area contributed by atoms with Crippen molar-refractivity contribution in [3.63, 3.8) is 0 Å². The summed E-state index contributed by atoms with van der Waals surface area (Å²) in [6.07, 6.45) is -10.6. The smallest absolute Gasteiger partial charge is 0.284 e. The lowest BCUT2D eigenvalue weighted by Crippen LogP contribution is -2.19. The molecule has 7 nitrogen and oxygen atoms in total. The molecule has 41 heavy (non-hydrogen) atoms. The van der Waals surface area contributed by atoms with Crippen molar-refractivity contribution in [1.29, 1.82) is 0 Å². The highest BCUT2D eigenvalue weighted by molar-refractivity contribution is 7.90. The van der Waals surface area contributed by atoms with Gasteiger partial charge in [-0.1, -0.05) is 30.3 Å². The first-order valence-electron chi connectivity index (χ1n) is 11.3. The lowest BCUT2D eigenvalue weighted by atomic mass is 10.1. The molecule has 212 valence electrons. The van der Waals surface area contributed by atoms with Crippen LogP contribution in [0, 0.1) is 5.82 Å². The van der Waals surface area contributed by atoms with Gasteiger partial charge in [-0.05, 0) is 54.1 Å². The van der Waals surface area contributed by atoms with Crippen molar-refractivity contribution in [2.45, 2.75) is 17.2 Å². The molecule has 0 aliphatic heterocycles. The van der Waals surface area contributed by atoms with Crippen LogP contribution in [0.3, 0.4) is 0 Å². The molecular weight excluding hydrogens is 599 g/mol. The molecule has 0 aliphatic rings. The van der Waals surface area contributed by atoms with Gasteiger partial charge in [-0.15, -0.1) is 25.9 Å². The van der Waals surface area contributed by atoms with Crippen molar-refractivity contribution in [1.82, 2.24) is 19.3 Å². The standard InChI is InChI=1S/C25H14F7N5O2S2/c26-16-6-8-17(9-7-16)36-20(15-4-2-1-3-5-15)14-40-23(36)35-41(38,39)19-12-10-18(11-13-19)37-21(24(27,28)29)33-34-22(37)25(30,31)32/h1-14H/b35-23-. The van der Waals surface area contributed by atoms with Gasteiger partial charge in [-0.2, -0.15) is 34.8 Å². The highest BCUT2D eigenvalue weighted by Gasteiger charge is 2.45. The van der Waals surface area contributed by atoms with Crippen molar-refractivity contribution in [2.75, 3.05) is 0 Å². The van der Waals surface area contributed by atoms with Crippen molar-refractivity contribution in [2.24, 2.45) is 4.40 Å². The number of alkyl halides is 6. The molecule has 0 unspecified atom stereocenters. The Morgan fingerprint density at radius 1 is 0.707 bits per heavy atom. The van der Waals surface area contributed by atoms with Gasteiger partial charge in [0, 0.05) is 16.8 Å². The topological polar surface area (TPSA) is 82.1 Å². The molecule has 16 heteroatoms. The highest BCUT2D eigenvalue weighted by atomic mass is 32.2. The Morgan fingerprint density at radius 2 is 1.22 bits per heavy atom. The van der Waals surface area contributed by atoms with E-state index in [1.54, 1.807) is 35.7 Å². The molecule has 3 aromatic carbocycles. The van der Waals surface area contributed by atoms with Gasteiger partial charge in [0.15, 0.2) is 0 Å². The number of aromatic nitrogens is 4. The van der Waals surface area contributed by atoms with E-state index >= 15 is 0 Å². The van der Waals surface area contributed by atoms with E-state index in [0.29, 0.717) is 16.9 Å². The molecule has 0 bridgehead atoms. The first-order chi connectivity index (χ1) is 19.3. The number of sulfonamides is 1. The summed E-state index contributed by atoms with van der Waals surface area (Å²) in [6.45, 7) is 0. The molecule has 0 radical (unpaired) electrons. The maximum absolute atomic E-state index is 13.6. The van der Waals surface area contributed by atoms with Gasteiger partial charge >= 0.3 is 12.4 Å². The minimum absolute atomic E-state index is 0.0444. The third-order valence-electron chi connectivity index (χ3n) is 5.62. The molecule has 0 fully saturated rings. The lowest BCUT2D eigenvalue weighted by Gasteiger charge is -2.13. The number of halogens is 7. The van der Waals surface area contributed by atoms with Crippen LogP contribution in [0.25, 0.3) is 22.6 Å². The van der Waals surface area contributed by atoms with Gasteiger partial charge in [0.2, 0.25) is 16.5 Å². The van der Waals surface area contributed by atoms with E-state index in [2.05, 4.69) is 14.6 Å². The van der Waals surface area contributed by atoms with Gasteiger partial charge in [0.05, 0.1) is 10.6 Å². The largest absolute Gasteiger partial charge is 0.452 e. The van der Waals surface area contributed by atoms with E-state index in [4.69, 9.17) is 0 Å². The van der Waals surface area contributed by atoms with Gasteiger partial charge < -0.3 is 0 Å². The monoisotopic (exact) mass is 613 g/mol. The minimum atomic E-state index is -5.28. The summed E-state index contributed by atoms with van der Waals surface area (Å²) in [5.74, 6) is -4.39. The average molecular weight is 614 g/mol. The van der Waals surface area contributed by atoms with Crippen LogP contribution in [0.5, 0.6) is 0 Å². The maximum atomic E-state index is 13.6. The summed E-state index contributed by atoms with van der Waals surface area (Å²) in [5, 5.41) is 6.91. The zero-order chi connectivity index (χ0) is 29.6. The van der Waals surface area contributed by atoms with E-state index < -0.39 is 50.4 Å². The zero-order valence-electron chi connectivity index (χ0n) is 20.1. The Balaban J connectivity index is 1.61. The van der Waals surface area contributed by atoms with E-state index in [1.165, 1.54) is 28.8 Å². The van der Waals surface area contributed by atoms with Crippen molar-refractivity contribution < 1.29 is 39.2 Å². The number of thiazole rings is 1. The Hall–Kier alpha value is -4.31. The van der Waals surface area contributed by atoms with Crippen LogP contribution < -0.4 is 4.80 Å². The first kappa shape index (κ1) is 28.2. The predicted octanol–water partition coefficient (Wildman–Crippen LogP) is 6.25. The van der Waals surface area contributed by atoms with Crippen LogP contribution in [-0.2, 0) is 22.4 Å². The number of nitrogens with zero attached hydrogens (tertiary/aromatic N) is 5. The molecule has 2 heterocycles. The summed E-state index contributed by atoms with van der Waals surface area (Å²) in [7, 11) is -4.53. The van der Waals surface area contributed by atoms with Crippen LogP contribution in [0.4, 0.5) is 30.7 Å². The Kier molecular flexibility index (Phi) is 7.07. The molecule has 0 saturated carbocycles.